The van der Waals surface area contributed by atoms with Crippen LogP contribution >= 0.6 is 11.3 Å². The molecule has 2 fully saturated rings. The molecule has 2 aliphatic heterocycles. The number of nitrogens with zero attached hydrogens (tertiary/aromatic N) is 2. The molecule has 31 heavy (non-hydrogen) atoms. The highest BCUT2D eigenvalue weighted by atomic mass is 32.1. The van der Waals surface area contributed by atoms with Crippen LogP contribution in [0, 0.1) is 0 Å². The third-order valence-electron chi connectivity index (χ3n) is 6.84. The monoisotopic (exact) mass is 443 g/mol. The van der Waals surface area contributed by atoms with E-state index in [1.165, 1.54) is 13.5 Å². The third kappa shape index (κ3) is 3.41. The van der Waals surface area contributed by atoms with Gasteiger partial charge in [0.2, 0.25) is 0 Å². The maximum Gasteiger partial charge on any atom is 0.414 e. The summed E-state index contributed by atoms with van der Waals surface area (Å²) in [6.45, 7) is 3.61. The van der Waals surface area contributed by atoms with Crippen molar-refractivity contribution in [1.29, 1.82) is 0 Å². The Balaban J connectivity index is 1.58. The van der Waals surface area contributed by atoms with Crippen LogP contribution in [-0.2, 0) is 21.5 Å². The van der Waals surface area contributed by atoms with E-state index in [9.17, 15) is 4.79 Å². The lowest BCUT2D eigenvalue weighted by Crippen LogP contribution is -2.57. The van der Waals surface area contributed by atoms with E-state index in [1.54, 1.807) is 23.3 Å². The van der Waals surface area contributed by atoms with Gasteiger partial charge in [0.25, 0.3) is 0 Å². The Morgan fingerprint density at radius 1 is 1.26 bits per heavy atom. The molecule has 0 spiro atoms. The standard InChI is InChI=1S/C23H29N3O4S/c1-14-7-8-17-19(26(14)22(27)28-2)10-9-16(20(17)30-15-5-4-6-15)18-11-31-21(25-18)23(29-3)12-24-13-23/h9-11,14-15,24H,4-8,12-13H2,1-3H3. The number of carbonyl (C=O) groups excluding carboxylic acids is 1. The molecular weight excluding hydrogens is 414 g/mol. The lowest BCUT2D eigenvalue weighted by Gasteiger charge is -2.39. The van der Waals surface area contributed by atoms with Gasteiger partial charge in [0.1, 0.15) is 16.4 Å². The van der Waals surface area contributed by atoms with Crippen LogP contribution in [0.2, 0.25) is 0 Å². The van der Waals surface area contributed by atoms with Crippen LogP contribution in [0.25, 0.3) is 11.3 Å². The second-order valence-electron chi connectivity index (χ2n) is 8.68. The molecule has 1 atom stereocenters. The number of carbonyl (C=O) groups is 1. The minimum absolute atomic E-state index is 0.0842. The molecular formula is C23H29N3O4S. The van der Waals surface area contributed by atoms with Crippen molar-refractivity contribution in [3.63, 3.8) is 0 Å². The van der Waals surface area contributed by atoms with E-state index >= 15 is 0 Å². The number of thiazole rings is 1. The summed E-state index contributed by atoms with van der Waals surface area (Å²) in [6, 6.07) is 4.14. The van der Waals surface area contributed by atoms with Crippen molar-refractivity contribution < 1.29 is 19.0 Å². The average Bonchev–Trinajstić information content (AvgIpc) is 3.19. The molecule has 1 aliphatic carbocycles. The number of rotatable bonds is 5. The third-order valence-corrected chi connectivity index (χ3v) is 7.87. The fourth-order valence-corrected chi connectivity index (χ4v) is 5.51. The first-order valence-electron chi connectivity index (χ1n) is 11.0. The molecule has 3 heterocycles. The van der Waals surface area contributed by atoms with E-state index in [0.29, 0.717) is 0 Å². The number of hydrogen-bond acceptors (Lipinski definition) is 7. The fraction of sp³-hybridized carbons (Fsp3) is 0.565. The van der Waals surface area contributed by atoms with Gasteiger partial charge in [0.05, 0.1) is 24.6 Å². The largest absolute Gasteiger partial charge is 0.489 e. The van der Waals surface area contributed by atoms with E-state index < -0.39 is 0 Å². The van der Waals surface area contributed by atoms with Crippen LogP contribution < -0.4 is 15.0 Å². The number of fused-ring (bicyclic) bond motifs is 1. The Hall–Kier alpha value is -2.16. The first kappa shape index (κ1) is 20.7. The minimum atomic E-state index is -0.330. The molecule has 0 bridgehead atoms. The lowest BCUT2D eigenvalue weighted by molar-refractivity contribution is -0.0565. The average molecular weight is 444 g/mol. The molecule has 166 valence electrons. The highest BCUT2D eigenvalue weighted by Gasteiger charge is 2.42. The Kier molecular flexibility index (Phi) is 5.40. The Morgan fingerprint density at radius 3 is 2.68 bits per heavy atom. The maximum atomic E-state index is 12.5. The van der Waals surface area contributed by atoms with Crippen molar-refractivity contribution in [2.24, 2.45) is 0 Å². The van der Waals surface area contributed by atoms with Gasteiger partial charge in [-0.05, 0) is 51.2 Å². The van der Waals surface area contributed by atoms with Crippen molar-refractivity contribution in [2.75, 3.05) is 32.2 Å². The molecule has 8 heteroatoms. The van der Waals surface area contributed by atoms with Crippen molar-refractivity contribution in [2.45, 2.75) is 56.8 Å². The zero-order valence-corrected chi connectivity index (χ0v) is 19.1. The molecule has 1 saturated heterocycles. The summed E-state index contributed by atoms with van der Waals surface area (Å²) in [6.07, 6.45) is 4.98. The van der Waals surface area contributed by atoms with Gasteiger partial charge in [0, 0.05) is 42.7 Å². The van der Waals surface area contributed by atoms with Crippen molar-refractivity contribution in [3.8, 4) is 17.0 Å². The molecule has 1 aromatic carbocycles. The molecule has 0 radical (unpaired) electrons. The maximum absolute atomic E-state index is 12.5. The highest BCUT2D eigenvalue weighted by molar-refractivity contribution is 7.10. The van der Waals surface area contributed by atoms with Crippen molar-refractivity contribution in [3.05, 3.63) is 28.1 Å². The summed E-state index contributed by atoms with van der Waals surface area (Å²) in [7, 11) is 3.18. The van der Waals surface area contributed by atoms with Crippen LogP contribution in [0.5, 0.6) is 5.75 Å². The lowest BCUT2D eigenvalue weighted by atomic mass is 9.92. The number of methoxy groups -OCH3 is 2. The summed E-state index contributed by atoms with van der Waals surface area (Å²) in [4.78, 5) is 19.2. The van der Waals surface area contributed by atoms with E-state index in [-0.39, 0.29) is 23.8 Å². The van der Waals surface area contributed by atoms with Gasteiger partial charge in [0.15, 0.2) is 0 Å². The van der Waals surface area contributed by atoms with E-state index in [1.807, 2.05) is 12.1 Å². The van der Waals surface area contributed by atoms with Crippen LogP contribution in [0.1, 0.15) is 43.2 Å². The molecule has 1 saturated carbocycles. The predicted octanol–water partition coefficient (Wildman–Crippen LogP) is 4.09. The highest BCUT2D eigenvalue weighted by Crippen LogP contribution is 2.45. The summed E-state index contributed by atoms with van der Waals surface area (Å²) in [5.74, 6) is 0.873. The summed E-state index contributed by atoms with van der Waals surface area (Å²) in [5.41, 5.74) is 3.53. The van der Waals surface area contributed by atoms with Crippen LogP contribution in [0.3, 0.4) is 0 Å². The van der Waals surface area contributed by atoms with E-state index in [2.05, 4.69) is 17.6 Å². The first-order chi connectivity index (χ1) is 15.1. The second kappa shape index (κ2) is 8.07. The molecule has 1 unspecified atom stereocenters. The first-order valence-corrected chi connectivity index (χ1v) is 11.9. The molecule has 3 aliphatic rings. The summed E-state index contributed by atoms with van der Waals surface area (Å²) < 4.78 is 17.4. The molecule has 1 aromatic heterocycles. The Labute approximate surface area is 186 Å². The molecule has 5 rings (SSSR count). The minimum Gasteiger partial charge on any atom is -0.489 e. The summed E-state index contributed by atoms with van der Waals surface area (Å²) >= 11 is 1.63. The number of ether oxygens (including phenoxy) is 3. The van der Waals surface area contributed by atoms with Gasteiger partial charge in [-0.1, -0.05) is 0 Å². The van der Waals surface area contributed by atoms with Crippen molar-refractivity contribution in [1.82, 2.24) is 10.3 Å². The molecule has 1 N–H and O–H groups in total. The molecule has 1 amide bonds. The van der Waals surface area contributed by atoms with Crippen LogP contribution in [0.4, 0.5) is 10.5 Å². The van der Waals surface area contributed by atoms with Gasteiger partial charge in [-0.15, -0.1) is 11.3 Å². The van der Waals surface area contributed by atoms with Crippen molar-refractivity contribution >= 4 is 23.1 Å². The predicted molar refractivity (Wildman–Crippen MR) is 120 cm³/mol. The SMILES string of the molecule is COC(=O)N1c2ccc(-c3csc(C4(OC)CNC4)n3)c(OC3CCC3)c2CCC1C. The van der Waals surface area contributed by atoms with Gasteiger partial charge < -0.3 is 19.5 Å². The second-order valence-corrected chi connectivity index (χ2v) is 9.54. The number of aromatic nitrogens is 1. The van der Waals surface area contributed by atoms with Crippen LogP contribution in [0.15, 0.2) is 17.5 Å². The zero-order chi connectivity index (χ0) is 21.6. The quantitative estimate of drug-likeness (QED) is 0.750. The number of benzene rings is 1. The van der Waals surface area contributed by atoms with Crippen LogP contribution in [-0.4, -0.2) is 50.5 Å². The fourth-order valence-electron chi connectivity index (χ4n) is 4.51. The van der Waals surface area contributed by atoms with Gasteiger partial charge in [-0.25, -0.2) is 9.78 Å². The summed E-state index contributed by atoms with van der Waals surface area (Å²) in [5, 5.41) is 6.36. The van der Waals surface area contributed by atoms with Gasteiger partial charge in [-0.2, -0.15) is 0 Å². The topological polar surface area (TPSA) is 72.9 Å². The molecule has 7 nitrogen and oxygen atoms in total. The number of amides is 1. The Bertz CT molecular complexity index is 978. The number of hydrogen-bond donors (Lipinski definition) is 1. The van der Waals surface area contributed by atoms with Gasteiger partial charge in [-0.3, -0.25) is 4.90 Å². The molecule has 2 aromatic rings. The zero-order valence-electron chi connectivity index (χ0n) is 18.3. The van der Waals surface area contributed by atoms with E-state index in [0.717, 1.165) is 72.0 Å². The number of nitrogens with one attached hydrogen (secondary N) is 1. The van der Waals surface area contributed by atoms with Gasteiger partial charge >= 0.3 is 6.09 Å². The van der Waals surface area contributed by atoms with E-state index in [4.69, 9.17) is 19.2 Å². The normalized spacial score (nSPS) is 22.3. The smallest absolute Gasteiger partial charge is 0.414 e. The Morgan fingerprint density at radius 2 is 2.06 bits per heavy atom. The number of anilines is 1.